The van der Waals surface area contributed by atoms with E-state index in [-0.39, 0.29) is 5.54 Å². The number of aromatic nitrogens is 2. The van der Waals surface area contributed by atoms with Crippen LogP contribution >= 0.6 is 0 Å². The number of imidazole rings is 1. The summed E-state index contributed by atoms with van der Waals surface area (Å²) in [5.74, 6) is 0. The molecule has 1 aromatic carbocycles. The van der Waals surface area contributed by atoms with Crippen LogP contribution in [-0.2, 0) is 12.6 Å². The minimum atomic E-state index is -0.0609. The van der Waals surface area contributed by atoms with E-state index < -0.39 is 0 Å². The molecular formula is C13H15N3. The average Bonchev–Trinajstić information content (AvgIpc) is 2.90. The number of benzene rings is 1. The lowest BCUT2D eigenvalue weighted by Crippen LogP contribution is -2.18. The summed E-state index contributed by atoms with van der Waals surface area (Å²) in [7, 11) is 2.00. The lowest BCUT2D eigenvalue weighted by atomic mass is 10.0. The fourth-order valence-corrected chi connectivity index (χ4v) is 2.05. The van der Waals surface area contributed by atoms with Gasteiger partial charge in [-0.3, -0.25) is 0 Å². The molecule has 3 rings (SSSR count). The van der Waals surface area contributed by atoms with Gasteiger partial charge in [-0.1, -0.05) is 18.2 Å². The maximum Gasteiger partial charge on any atom is 0.0948 e. The van der Waals surface area contributed by atoms with Crippen LogP contribution < -0.4 is 5.73 Å². The highest BCUT2D eigenvalue weighted by molar-refractivity contribution is 5.60. The molecule has 0 aliphatic heterocycles. The minimum absolute atomic E-state index is 0.0609. The van der Waals surface area contributed by atoms with Gasteiger partial charge in [0, 0.05) is 18.2 Å². The van der Waals surface area contributed by atoms with E-state index in [0.717, 1.165) is 18.5 Å². The summed E-state index contributed by atoms with van der Waals surface area (Å²) in [6, 6.07) is 8.48. The Kier molecular flexibility index (Phi) is 1.91. The molecule has 3 heteroatoms. The summed E-state index contributed by atoms with van der Waals surface area (Å²) in [6.45, 7) is 0. The van der Waals surface area contributed by atoms with Gasteiger partial charge in [-0.05, 0) is 24.5 Å². The molecule has 2 aromatic rings. The van der Waals surface area contributed by atoms with Crippen LogP contribution in [0.25, 0.3) is 11.3 Å². The van der Waals surface area contributed by atoms with Crippen molar-refractivity contribution in [3.05, 3.63) is 42.4 Å². The summed E-state index contributed by atoms with van der Waals surface area (Å²) in [6.07, 6.45) is 5.90. The van der Waals surface area contributed by atoms with Crippen molar-refractivity contribution in [1.29, 1.82) is 0 Å². The second kappa shape index (κ2) is 3.19. The quantitative estimate of drug-likeness (QED) is 0.829. The average molecular weight is 213 g/mol. The Morgan fingerprint density at radius 2 is 2.19 bits per heavy atom. The molecule has 3 nitrogen and oxygen atoms in total. The summed E-state index contributed by atoms with van der Waals surface area (Å²) >= 11 is 0. The molecule has 0 unspecified atom stereocenters. The van der Waals surface area contributed by atoms with Crippen LogP contribution in [0.5, 0.6) is 0 Å². The molecule has 16 heavy (non-hydrogen) atoms. The van der Waals surface area contributed by atoms with Gasteiger partial charge in [0.05, 0.1) is 18.2 Å². The molecule has 0 bridgehead atoms. The minimum Gasteiger partial charge on any atom is -0.334 e. The monoisotopic (exact) mass is 213 g/mol. The van der Waals surface area contributed by atoms with Gasteiger partial charge in [0.15, 0.2) is 0 Å². The standard InChI is InChI=1S/C13H15N3/c1-16-9-15-8-12(16)10-3-2-4-11(7-10)13(14)5-6-13/h2-4,7-9H,5-6,14H2,1H3. The van der Waals surface area contributed by atoms with Crippen LogP contribution in [0.2, 0.25) is 0 Å². The van der Waals surface area contributed by atoms with Gasteiger partial charge in [0.25, 0.3) is 0 Å². The third kappa shape index (κ3) is 1.44. The Bertz CT molecular complexity index is 523. The third-order valence-electron chi connectivity index (χ3n) is 3.34. The van der Waals surface area contributed by atoms with Gasteiger partial charge in [0.1, 0.15) is 0 Å². The highest BCUT2D eigenvalue weighted by Crippen LogP contribution is 2.43. The number of aryl methyl sites for hydroxylation is 1. The summed E-state index contributed by atoms with van der Waals surface area (Å²) in [5, 5.41) is 0. The van der Waals surface area contributed by atoms with E-state index in [1.807, 2.05) is 24.1 Å². The second-order valence-corrected chi connectivity index (χ2v) is 4.63. The van der Waals surface area contributed by atoms with Crippen LogP contribution in [-0.4, -0.2) is 9.55 Å². The second-order valence-electron chi connectivity index (χ2n) is 4.63. The summed E-state index contributed by atoms with van der Waals surface area (Å²) in [5.41, 5.74) is 9.71. The largest absolute Gasteiger partial charge is 0.334 e. The maximum atomic E-state index is 6.21. The van der Waals surface area contributed by atoms with Crippen molar-refractivity contribution in [2.24, 2.45) is 12.8 Å². The van der Waals surface area contributed by atoms with Crippen LogP contribution in [0.1, 0.15) is 18.4 Å². The number of nitrogens with two attached hydrogens (primary N) is 1. The van der Waals surface area contributed by atoms with Crippen molar-refractivity contribution >= 4 is 0 Å². The van der Waals surface area contributed by atoms with Crippen molar-refractivity contribution in [3.8, 4) is 11.3 Å². The van der Waals surface area contributed by atoms with E-state index in [9.17, 15) is 0 Å². The molecule has 82 valence electrons. The van der Waals surface area contributed by atoms with Gasteiger partial charge in [0.2, 0.25) is 0 Å². The van der Waals surface area contributed by atoms with Crippen LogP contribution in [0, 0.1) is 0 Å². The van der Waals surface area contributed by atoms with Crippen LogP contribution in [0.15, 0.2) is 36.8 Å². The van der Waals surface area contributed by atoms with Crippen LogP contribution in [0.3, 0.4) is 0 Å². The lowest BCUT2D eigenvalue weighted by Gasteiger charge is -2.11. The first-order valence-corrected chi connectivity index (χ1v) is 5.55. The first kappa shape index (κ1) is 9.60. The molecule has 0 spiro atoms. The molecule has 0 saturated heterocycles. The van der Waals surface area contributed by atoms with E-state index in [0.29, 0.717) is 0 Å². The number of hydrogen-bond acceptors (Lipinski definition) is 2. The molecule has 2 N–H and O–H groups in total. The Morgan fingerprint density at radius 1 is 1.38 bits per heavy atom. The van der Waals surface area contributed by atoms with Crippen LogP contribution in [0.4, 0.5) is 0 Å². The summed E-state index contributed by atoms with van der Waals surface area (Å²) in [4.78, 5) is 4.14. The summed E-state index contributed by atoms with van der Waals surface area (Å²) < 4.78 is 2.02. The molecule has 1 heterocycles. The van der Waals surface area contributed by atoms with Crippen molar-refractivity contribution < 1.29 is 0 Å². The number of nitrogens with zero attached hydrogens (tertiary/aromatic N) is 2. The Labute approximate surface area is 94.9 Å². The Balaban J connectivity index is 2.06. The zero-order chi connectivity index (χ0) is 11.2. The Morgan fingerprint density at radius 3 is 2.81 bits per heavy atom. The maximum absolute atomic E-state index is 6.21. The van der Waals surface area contributed by atoms with Crippen molar-refractivity contribution in [3.63, 3.8) is 0 Å². The molecule has 1 fully saturated rings. The van der Waals surface area contributed by atoms with Gasteiger partial charge in [-0.25, -0.2) is 4.98 Å². The lowest BCUT2D eigenvalue weighted by molar-refractivity contribution is 0.740. The van der Waals surface area contributed by atoms with Crippen molar-refractivity contribution in [2.75, 3.05) is 0 Å². The van der Waals surface area contributed by atoms with Gasteiger partial charge in [-0.15, -0.1) is 0 Å². The highest BCUT2D eigenvalue weighted by atomic mass is 15.0. The van der Waals surface area contributed by atoms with Gasteiger partial charge >= 0.3 is 0 Å². The van der Waals surface area contributed by atoms with E-state index in [2.05, 4.69) is 29.2 Å². The molecule has 0 radical (unpaired) electrons. The first-order chi connectivity index (χ1) is 7.69. The predicted molar refractivity (Wildman–Crippen MR) is 63.7 cm³/mol. The zero-order valence-corrected chi connectivity index (χ0v) is 9.35. The fraction of sp³-hybridized carbons (Fsp3) is 0.308. The Hall–Kier alpha value is -1.61. The molecule has 1 aliphatic carbocycles. The normalized spacial score (nSPS) is 17.4. The van der Waals surface area contributed by atoms with E-state index >= 15 is 0 Å². The van der Waals surface area contributed by atoms with Crippen molar-refractivity contribution in [1.82, 2.24) is 9.55 Å². The first-order valence-electron chi connectivity index (χ1n) is 5.55. The third-order valence-corrected chi connectivity index (χ3v) is 3.34. The van der Waals surface area contributed by atoms with E-state index in [1.54, 1.807) is 0 Å². The molecule has 0 atom stereocenters. The number of hydrogen-bond donors (Lipinski definition) is 1. The molecule has 1 aromatic heterocycles. The SMILES string of the molecule is Cn1cncc1-c1cccc(C2(N)CC2)c1. The fourth-order valence-electron chi connectivity index (χ4n) is 2.05. The number of rotatable bonds is 2. The molecule has 1 saturated carbocycles. The molecular weight excluding hydrogens is 198 g/mol. The highest BCUT2D eigenvalue weighted by Gasteiger charge is 2.39. The van der Waals surface area contributed by atoms with Gasteiger partial charge < -0.3 is 10.3 Å². The predicted octanol–water partition coefficient (Wildman–Crippen LogP) is 2.03. The van der Waals surface area contributed by atoms with Crippen molar-refractivity contribution in [2.45, 2.75) is 18.4 Å². The molecule has 1 aliphatic rings. The topological polar surface area (TPSA) is 43.8 Å². The zero-order valence-electron chi connectivity index (χ0n) is 9.35. The smallest absolute Gasteiger partial charge is 0.0948 e. The van der Waals surface area contributed by atoms with E-state index in [1.165, 1.54) is 11.1 Å². The van der Waals surface area contributed by atoms with Gasteiger partial charge in [-0.2, -0.15) is 0 Å². The van der Waals surface area contributed by atoms with E-state index in [4.69, 9.17) is 5.73 Å². The molecule has 0 amide bonds.